The van der Waals surface area contributed by atoms with Gasteiger partial charge in [-0.3, -0.25) is 9.69 Å². The van der Waals surface area contributed by atoms with Crippen molar-refractivity contribution in [1.29, 1.82) is 0 Å². The first-order valence-corrected chi connectivity index (χ1v) is 12.2. The Bertz CT molecular complexity index is 726. The van der Waals surface area contributed by atoms with Gasteiger partial charge in [0.2, 0.25) is 0 Å². The molecule has 3 nitrogen and oxygen atoms in total. The van der Waals surface area contributed by atoms with Gasteiger partial charge in [-0.25, -0.2) is 0 Å². The second kappa shape index (κ2) is 10.9. The molecule has 1 aliphatic heterocycles. The summed E-state index contributed by atoms with van der Waals surface area (Å²) >= 11 is 4.01. The van der Waals surface area contributed by atoms with E-state index in [1.165, 1.54) is 29.1 Å². The molecular weight excluding hydrogens is 384 g/mol. The fourth-order valence-corrected chi connectivity index (χ4v) is 6.45. The van der Waals surface area contributed by atoms with Crippen LogP contribution in [-0.2, 0) is 0 Å². The van der Waals surface area contributed by atoms with Gasteiger partial charge in [0.15, 0.2) is 0 Å². The van der Waals surface area contributed by atoms with Gasteiger partial charge < -0.3 is 5.32 Å². The third-order valence-corrected chi connectivity index (χ3v) is 8.18. The van der Waals surface area contributed by atoms with E-state index in [0.29, 0.717) is 11.1 Å². The third kappa shape index (κ3) is 5.56. The molecule has 0 bridgehead atoms. The summed E-state index contributed by atoms with van der Waals surface area (Å²) in [6.07, 6.45) is 1.29. The minimum Gasteiger partial charge on any atom is -0.350 e. The zero-order valence-corrected chi connectivity index (χ0v) is 18.4. The zero-order chi connectivity index (χ0) is 19.8. The van der Waals surface area contributed by atoms with Gasteiger partial charge in [-0.15, -0.1) is 23.5 Å². The van der Waals surface area contributed by atoms with Crippen molar-refractivity contribution in [3.8, 4) is 0 Å². The summed E-state index contributed by atoms with van der Waals surface area (Å²) < 4.78 is 0.510. The van der Waals surface area contributed by atoms with Gasteiger partial charge in [-0.1, -0.05) is 56.3 Å². The summed E-state index contributed by atoms with van der Waals surface area (Å²) in [6, 6.07) is 18.8. The number of thioether (sulfide) groups is 2. The van der Waals surface area contributed by atoms with Crippen LogP contribution in [0.3, 0.4) is 0 Å². The maximum absolute atomic E-state index is 12.7. The first-order valence-electron chi connectivity index (χ1n) is 10.1. The number of carbonyl (C=O) groups is 1. The number of hydrogen-bond donors (Lipinski definition) is 1. The van der Waals surface area contributed by atoms with Crippen molar-refractivity contribution in [2.75, 3.05) is 31.1 Å². The van der Waals surface area contributed by atoms with Gasteiger partial charge in [0.1, 0.15) is 0 Å². The van der Waals surface area contributed by atoms with Gasteiger partial charge >= 0.3 is 0 Å². The highest BCUT2D eigenvalue weighted by Crippen LogP contribution is 2.43. The molecular formula is C23H30N2OS2. The lowest BCUT2D eigenvalue weighted by Crippen LogP contribution is -2.38. The quantitative estimate of drug-likeness (QED) is 0.629. The Hall–Kier alpha value is -1.43. The van der Waals surface area contributed by atoms with E-state index < -0.39 is 0 Å². The number of rotatable bonds is 8. The molecule has 0 saturated carbocycles. The van der Waals surface area contributed by atoms with Crippen LogP contribution in [0.4, 0.5) is 0 Å². The van der Waals surface area contributed by atoms with Crippen LogP contribution in [0.2, 0.25) is 0 Å². The van der Waals surface area contributed by atoms with E-state index in [-0.39, 0.29) is 11.9 Å². The average molecular weight is 415 g/mol. The number of benzene rings is 2. The Kier molecular flexibility index (Phi) is 8.31. The maximum atomic E-state index is 12.7. The van der Waals surface area contributed by atoms with E-state index in [0.717, 1.165) is 18.7 Å². The van der Waals surface area contributed by atoms with Gasteiger partial charge in [-0.2, -0.15) is 0 Å². The van der Waals surface area contributed by atoms with Crippen molar-refractivity contribution in [1.82, 2.24) is 10.2 Å². The van der Waals surface area contributed by atoms with Gasteiger partial charge in [0.05, 0.1) is 10.6 Å². The third-order valence-electron chi connectivity index (χ3n) is 5.17. The monoisotopic (exact) mass is 414 g/mol. The van der Waals surface area contributed by atoms with Crippen molar-refractivity contribution in [2.24, 2.45) is 0 Å². The van der Waals surface area contributed by atoms with Crippen LogP contribution in [0.5, 0.6) is 0 Å². The number of carbonyl (C=O) groups excluding carboxylic acids is 1. The molecule has 0 spiro atoms. The van der Waals surface area contributed by atoms with Gasteiger partial charge in [0, 0.05) is 12.1 Å². The molecule has 2 aromatic rings. The first kappa shape index (κ1) is 21.3. The van der Waals surface area contributed by atoms with Crippen LogP contribution in [0, 0.1) is 0 Å². The molecule has 28 heavy (non-hydrogen) atoms. The standard InChI is InChI=1S/C23H30N2OS2/c1-3-25(4-2)21(18-9-6-5-7-10-18)17-24-22(26)19-11-13-20(14-12-19)23-27-15-8-16-28-23/h5-7,9-14,21,23H,3-4,8,15-17H2,1-2H3,(H,24,26). The highest BCUT2D eigenvalue weighted by Gasteiger charge is 2.20. The largest absolute Gasteiger partial charge is 0.350 e. The molecule has 0 radical (unpaired) electrons. The molecule has 0 aliphatic carbocycles. The Morgan fingerprint density at radius 3 is 2.29 bits per heavy atom. The summed E-state index contributed by atoms with van der Waals surface area (Å²) in [7, 11) is 0. The lowest BCUT2D eigenvalue weighted by molar-refractivity contribution is 0.0935. The van der Waals surface area contributed by atoms with Gasteiger partial charge in [-0.05, 0) is 54.3 Å². The lowest BCUT2D eigenvalue weighted by Gasteiger charge is -2.30. The SMILES string of the molecule is CCN(CC)C(CNC(=O)c1ccc(C2SCCCS2)cc1)c1ccccc1. The summed E-state index contributed by atoms with van der Waals surface area (Å²) in [5.41, 5.74) is 3.30. The zero-order valence-electron chi connectivity index (χ0n) is 16.8. The second-order valence-corrected chi connectivity index (χ2v) is 9.63. The molecule has 150 valence electrons. The fraction of sp³-hybridized carbons (Fsp3) is 0.435. The molecule has 1 amide bonds. The Labute approximate surface area is 177 Å². The van der Waals surface area contributed by atoms with Crippen LogP contribution in [0.25, 0.3) is 0 Å². The summed E-state index contributed by atoms with van der Waals surface area (Å²) in [5.74, 6) is 2.46. The molecule has 1 saturated heterocycles. The van der Waals surface area contributed by atoms with E-state index >= 15 is 0 Å². The lowest BCUT2D eigenvalue weighted by atomic mass is 10.0. The molecule has 2 aromatic carbocycles. The number of hydrogen-bond acceptors (Lipinski definition) is 4. The van der Waals surface area contributed by atoms with Crippen molar-refractivity contribution in [3.63, 3.8) is 0 Å². The molecule has 1 aliphatic rings. The predicted molar refractivity (Wildman–Crippen MR) is 123 cm³/mol. The average Bonchev–Trinajstić information content (AvgIpc) is 2.77. The normalized spacial score (nSPS) is 16.1. The highest BCUT2D eigenvalue weighted by molar-refractivity contribution is 8.16. The fourth-order valence-electron chi connectivity index (χ4n) is 3.56. The smallest absolute Gasteiger partial charge is 0.251 e. The van der Waals surface area contributed by atoms with Crippen molar-refractivity contribution in [3.05, 3.63) is 71.3 Å². The molecule has 1 atom stereocenters. The maximum Gasteiger partial charge on any atom is 0.251 e. The molecule has 1 N–H and O–H groups in total. The minimum absolute atomic E-state index is 0.00332. The Balaban J connectivity index is 1.63. The summed E-state index contributed by atoms with van der Waals surface area (Å²) in [4.78, 5) is 15.1. The summed E-state index contributed by atoms with van der Waals surface area (Å²) in [5, 5.41) is 3.15. The minimum atomic E-state index is 0.00332. The highest BCUT2D eigenvalue weighted by atomic mass is 32.2. The van der Waals surface area contributed by atoms with Crippen LogP contribution in [-0.4, -0.2) is 41.9 Å². The number of amides is 1. The van der Waals surface area contributed by atoms with E-state index in [4.69, 9.17) is 0 Å². The van der Waals surface area contributed by atoms with E-state index in [1.807, 2.05) is 41.7 Å². The van der Waals surface area contributed by atoms with Crippen LogP contribution in [0.1, 0.15) is 52.4 Å². The van der Waals surface area contributed by atoms with Crippen molar-refractivity contribution < 1.29 is 4.79 Å². The predicted octanol–water partition coefficient (Wildman–Crippen LogP) is 5.37. The van der Waals surface area contributed by atoms with Crippen LogP contribution >= 0.6 is 23.5 Å². The Morgan fingerprint density at radius 2 is 1.68 bits per heavy atom. The number of likely N-dealkylation sites (N-methyl/N-ethyl adjacent to an activating group) is 1. The molecule has 1 heterocycles. The van der Waals surface area contributed by atoms with Crippen molar-refractivity contribution >= 4 is 29.4 Å². The Morgan fingerprint density at radius 1 is 1.04 bits per heavy atom. The summed E-state index contributed by atoms with van der Waals surface area (Å²) in [6.45, 7) is 6.86. The van der Waals surface area contributed by atoms with Crippen LogP contribution in [0.15, 0.2) is 54.6 Å². The van der Waals surface area contributed by atoms with Gasteiger partial charge in [0.25, 0.3) is 5.91 Å². The molecule has 3 rings (SSSR count). The van der Waals surface area contributed by atoms with E-state index in [2.05, 4.69) is 60.5 Å². The second-order valence-electron chi connectivity index (χ2n) is 6.91. The molecule has 5 heteroatoms. The molecule has 0 aromatic heterocycles. The van der Waals surface area contributed by atoms with E-state index in [9.17, 15) is 4.79 Å². The van der Waals surface area contributed by atoms with Crippen molar-refractivity contribution in [2.45, 2.75) is 30.9 Å². The van der Waals surface area contributed by atoms with Crippen LogP contribution < -0.4 is 5.32 Å². The molecule has 1 unspecified atom stereocenters. The topological polar surface area (TPSA) is 32.3 Å². The number of nitrogens with one attached hydrogen (secondary N) is 1. The van der Waals surface area contributed by atoms with E-state index in [1.54, 1.807) is 0 Å². The first-order chi connectivity index (χ1) is 13.7. The molecule has 1 fully saturated rings. The number of nitrogens with zero attached hydrogens (tertiary/aromatic N) is 1.